The molecule has 0 amide bonds. The lowest BCUT2D eigenvalue weighted by Gasteiger charge is -2.21. The minimum Gasteiger partial charge on any atom is -0.508 e. The van der Waals surface area contributed by atoms with Crippen molar-refractivity contribution in [3.8, 4) is 102 Å². The number of halogens is 4. The van der Waals surface area contributed by atoms with Crippen molar-refractivity contribution in [1.29, 1.82) is 0 Å². The number of hydrogen-bond donors (Lipinski definition) is 6. The third-order valence-corrected chi connectivity index (χ3v) is 23.5. The maximum Gasteiger partial charge on any atom is 0.130 e. The molecule has 12 aromatic carbocycles. The molecule has 0 saturated heterocycles. The van der Waals surface area contributed by atoms with Gasteiger partial charge in [0.2, 0.25) is 0 Å². The number of aromatic hydroxyl groups is 6. The molecule has 0 aliphatic heterocycles. The molecule has 0 bridgehead atoms. The topological polar surface area (TPSA) is 147 Å². The molecule has 0 spiro atoms. The van der Waals surface area contributed by atoms with Crippen molar-refractivity contribution in [2.24, 2.45) is 54.7 Å². The fraction of sp³-hybridized carbons (Fsp3) is 0.362. The fourth-order valence-corrected chi connectivity index (χ4v) is 16.6. The first-order chi connectivity index (χ1) is 69.8. The number of rotatable bonds is 16. The molecule has 150 heavy (non-hydrogen) atoms. The Morgan fingerprint density at radius 2 is 0.640 bits per heavy atom. The van der Waals surface area contributed by atoms with E-state index < -0.39 is 0 Å². The van der Waals surface area contributed by atoms with Crippen LogP contribution in [0.25, 0.3) is 68.0 Å². The maximum absolute atomic E-state index is 14.1. The maximum atomic E-state index is 14.1. The standard InChI is InChI=1S/C18H22O.C17H19FO.C17H20O.C16H18FN.C16H19N.C16H20.C13H17FO.C13H18O.C12H17FO/c1-13-15(12-18(2,3)4)10-11-16(17(13)19)14-8-6-5-7-9-14;1-17(2,3)11-13-9-16(19)14(10-15(13)18)12-7-5-4-6-8-12;1-17(2,3)12-15-10-9-14(11-16(15)18)13-7-5-4-6-8-13;1-16(2,3)10-13-11-18-15(9-14(13)17)12-7-5-4-6-8-12;1-16(2,3)11-13-9-10-15(17-12-13)14-7-5-4-6-8-14;1-16(2,3)12-15-10-8-14(9-11-15)7-6-13-4-5-13;1-5-9-6-11(14)10(7-12(9)15)8-13(2,3)4;1-5-11-7-6-10(8-12(11)14)9-13(2,3)4;1-8-5-10(13)9(6-11(8)14)7-12(2,3)4/h5-11,19H,12H2,1-4H3;4-10,19H,11H2,1-3H3;4-11,18H,12H2,1-3H3;4-9,11H,10H2,1-3H3;4-10,12H,11H2,1-3H3;8-11,13H,4-5,12H2,1-3H3;5-7,15H,1,8H2,2-4H3;5-8,14H,1,9H2,2-4H3;5-6,14H,7H2,1-4H3. The second kappa shape index (κ2) is 55.3. The molecule has 1 saturated carbocycles. The molecular formula is C138H170F4N2O6. The summed E-state index contributed by atoms with van der Waals surface area (Å²) in [7, 11) is 0. The van der Waals surface area contributed by atoms with E-state index in [1.165, 1.54) is 83.1 Å². The van der Waals surface area contributed by atoms with Gasteiger partial charge in [0.25, 0.3) is 0 Å². The van der Waals surface area contributed by atoms with Crippen molar-refractivity contribution in [1.82, 2.24) is 9.97 Å². The van der Waals surface area contributed by atoms with Gasteiger partial charge in [-0.1, -0.05) is 430 Å². The van der Waals surface area contributed by atoms with E-state index in [2.05, 4.69) is 253 Å². The van der Waals surface area contributed by atoms with Gasteiger partial charge in [0.1, 0.15) is 57.8 Å². The molecule has 2 heterocycles. The predicted molar refractivity (Wildman–Crippen MR) is 628 cm³/mol. The number of hydrogen-bond acceptors (Lipinski definition) is 8. The Kier molecular flexibility index (Phi) is 45.5. The van der Waals surface area contributed by atoms with Gasteiger partial charge in [0, 0.05) is 68.9 Å². The van der Waals surface area contributed by atoms with Crippen molar-refractivity contribution in [3.05, 3.63) is 406 Å². The Morgan fingerprint density at radius 1 is 0.280 bits per heavy atom. The summed E-state index contributed by atoms with van der Waals surface area (Å²) in [5.74, 6) is 7.81. The number of aromatic nitrogens is 2. The van der Waals surface area contributed by atoms with Crippen LogP contribution >= 0.6 is 0 Å². The van der Waals surface area contributed by atoms with Crippen molar-refractivity contribution >= 4 is 12.2 Å². The number of nitrogens with zero attached hydrogens (tertiary/aromatic N) is 2. The van der Waals surface area contributed by atoms with E-state index in [-0.39, 0.29) is 78.4 Å². The van der Waals surface area contributed by atoms with Gasteiger partial charge in [-0.25, -0.2) is 17.6 Å². The van der Waals surface area contributed by atoms with Gasteiger partial charge in [-0.3, -0.25) is 9.97 Å². The summed E-state index contributed by atoms with van der Waals surface area (Å²) in [5.41, 5.74) is 23.3. The van der Waals surface area contributed by atoms with Crippen LogP contribution in [0.2, 0.25) is 0 Å². The third-order valence-electron chi connectivity index (χ3n) is 23.5. The molecule has 6 N–H and O–H groups in total. The average Bonchev–Trinajstić information content (AvgIpc) is 1.26. The van der Waals surface area contributed by atoms with Crippen LogP contribution in [0.4, 0.5) is 17.6 Å². The van der Waals surface area contributed by atoms with Crippen LogP contribution in [0.15, 0.2) is 305 Å². The number of phenolic OH excluding ortho intramolecular Hbond substituents is 6. The number of pyridine rings is 2. The largest absolute Gasteiger partial charge is 0.508 e. The minimum absolute atomic E-state index is 0.00295. The summed E-state index contributed by atoms with van der Waals surface area (Å²) in [6.07, 6.45) is 16.9. The van der Waals surface area contributed by atoms with E-state index >= 15 is 0 Å². The molecule has 1 fully saturated rings. The molecule has 1 aliphatic carbocycles. The lowest BCUT2D eigenvalue weighted by molar-refractivity contribution is 0.395. The smallest absolute Gasteiger partial charge is 0.130 e. The van der Waals surface area contributed by atoms with Crippen molar-refractivity contribution in [2.75, 3.05) is 0 Å². The Balaban J connectivity index is 0.000000229. The van der Waals surface area contributed by atoms with Crippen molar-refractivity contribution < 1.29 is 48.2 Å². The SMILES string of the molecule is C=Cc1cc(F)c(CC(C)(C)C)cc1O.C=Cc1ccc(CC(C)(C)C)cc1O.CC(C)(C)Cc1cc(O)c(-c2ccccc2)cc1F.CC(C)(C)Cc1ccc(-c2ccccc2)cc1O.CC(C)(C)Cc1ccc(-c2ccccc2)nc1.CC(C)(C)Cc1ccc(C#CC2CC2)cc1.CC(C)(C)Cc1cnc(-c2ccccc2)cc1F.Cc1c(CC(C)(C)C)ccc(-c2ccccc2)c1O.Cc1cc(F)c(CC(C)(C)C)cc1O. The summed E-state index contributed by atoms with van der Waals surface area (Å²) in [5, 5.41) is 59.3. The van der Waals surface area contributed by atoms with Gasteiger partial charge in [-0.15, -0.1) is 0 Å². The number of phenols is 6. The first-order valence-corrected chi connectivity index (χ1v) is 52.5. The fourth-order valence-electron chi connectivity index (χ4n) is 16.6. The average molecular weight is 2030 g/mol. The van der Waals surface area contributed by atoms with Crippen LogP contribution < -0.4 is 0 Å². The Bertz CT molecular complexity index is 6500. The highest BCUT2D eigenvalue weighted by Crippen LogP contribution is 2.41. The van der Waals surface area contributed by atoms with Crippen LogP contribution in [-0.4, -0.2) is 40.6 Å². The molecule has 796 valence electrons. The molecule has 1 aliphatic rings. The minimum atomic E-state index is -0.280. The molecule has 14 aromatic rings. The normalized spacial score (nSPS) is 12.0. The molecule has 12 heteroatoms. The zero-order chi connectivity index (χ0) is 112. The van der Waals surface area contributed by atoms with Crippen LogP contribution in [0.1, 0.15) is 278 Å². The van der Waals surface area contributed by atoms with Crippen LogP contribution in [-0.2, 0) is 57.8 Å². The zero-order valence-corrected chi connectivity index (χ0v) is 95.2. The molecule has 0 atom stereocenters. The van der Waals surface area contributed by atoms with E-state index in [0.717, 1.165) is 93.4 Å². The molecule has 0 radical (unpaired) electrons. The van der Waals surface area contributed by atoms with Crippen LogP contribution in [0, 0.1) is 104 Å². The Hall–Kier alpha value is -13.5. The van der Waals surface area contributed by atoms with E-state index in [0.29, 0.717) is 104 Å². The van der Waals surface area contributed by atoms with E-state index in [9.17, 15) is 48.2 Å². The predicted octanol–water partition coefficient (Wildman–Crippen LogP) is 38.1. The van der Waals surface area contributed by atoms with Crippen molar-refractivity contribution in [3.63, 3.8) is 0 Å². The van der Waals surface area contributed by atoms with Gasteiger partial charge in [-0.2, -0.15) is 0 Å². The summed E-state index contributed by atoms with van der Waals surface area (Å²) < 4.78 is 55.2. The highest BCUT2D eigenvalue weighted by molar-refractivity contribution is 5.74. The van der Waals surface area contributed by atoms with Gasteiger partial charge in [-0.05, 0) is 278 Å². The zero-order valence-electron chi connectivity index (χ0n) is 95.2. The summed E-state index contributed by atoms with van der Waals surface area (Å²) in [6, 6.07) is 88.6. The quantitative estimate of drug-likeness (QED) is 0.0414. The van der Waals surface area contributed by atoms with Crippen LogP contribution in [0.5, 0.6) is 34.5 Å². The third kappa shape index (κ3) is 46.3. The van der Waals surface area contributed by atoms with Gasteiger partial charge in [0.05, 0.1) is 11.4 Å². The van der Waals surface area contributed by atoms with Gasteiger partial charge < -0.3 is 30.6 Å². The van der Waals surface area contributed by atoms with E-state index in [4.69, 9.17) is 0 Å². The van der Waals surface area contributed by atoms with E-state index in [1.807, 2.05) is 218 Å². The highest BCUT2D eigenvalue weighted by atomic mass is 19.1. The summed E-state index contributed by atoms with van der Waals surface area (Å²) in [6.45, 7) is 68.8. The molecule has 8 nitrogen and oxygen atoms in total. The number of benzene rings is 12. The second-order valence-electron chi connectivity index (χ2n) is 50.5. The highest BCUT2D eigenvalue weighted by Gasteiger charge is 2.25. The van der Waals surface area contributed by atoms with E-state index in [1.54, 1.807) is 25.3 Å². The monoisotopic (exact) mass is 2030 g/mol. The first-order valence-electron chi connectivity index (χ1n) is 52.5. The molecular weight excluding hydrogens is 1860 g/mol. The Labute approximate surface area is 898 Å². The second-order valence-corrected chi connectivity index (χ2v) is 50.5. The van der Waals surface area contributed by atoms with Gasteiger partial charge in [0.15, 0.2) is 0 Å². The lowest BCUT2D eigenvalue weighted by Crippen LogP contribution is -2.11. The Morgan fingerprint density at radius 3 is 1.07 bits per heavy atom. The summed E-state index contributed by atoms with van der Waals surface area (Å²) >= 11 is 0. The first kappa shape index (κ1) is 123. The molecule has 2 aromatic heterocycles. The van der Waals surface area contributed by atoms with Crippen molar-refractivity contribution in [2.45, 2.75) is 271 Å². The lowest BCUT2D eigenvalue weighted by atomic mass is 9.85. The molecule has 0 unspecified atom stereocenters. The van der Waals surface area contributed by atoms with Crippen LogP contribution in [0.3, 0.4) is 0 Å². The number of aryl methyl sites for hydroxylation is 1. The van der Waals surface area contributed by atoms with Gasteiger partial charge >= 0.3 is 0 Å². The summed E-state index contributed by atoms with van der Waals surface area (Å²) in [4.78, 5) is 8.89. The molecule has 15 rings (SSSR count).